The summed E-state index contributed by atoms with van der Waals surface area (Å²) in [6, 6.07) is 66.1. The number of fused-ring (bicyclic) bond motifs is 6. The zero-order valence-electron chi connectivity index (χ0n) is 28.7. The van der Waals surface area contributed by atoms with Crippen LogP contribution in [-0.4, -0.2) is 4.98 Å². The topological polar surface area (TPSA) is 43.1 Å². The van der Waals surface area contributed by atoms with E-state index in [1.165, 1.54) is 5.39 Å². The normalized spacial score (nSPS) is 11.8. The van der Waals surface area contributed by atoms with Crippen LogP contribution in [0.25, 0.3) is 77.1 Å². The summed E-state index contributed by atoms with van der Waals surface area (Å²) in [5.41, 5.74) is 8.85. The van der Waals surface area contributed by atoms with E-state index in [4.69, 9.17) is 9.40 Å². The van der Waals surface area contributed by atoms with Crippen molar-refractivity contribution >= 4 is 66.7 Å². The molecule has 0 aliphatic carbocycles. The van der Waals surface area contributed by atoms with Crippen molar-refractivity contribution in [2.75, 3.05) is 0 Å². The molecule has 0 saturated carbocycles. The van der Waals surface area contributed by atoms with E-state index in [0.717, 1.165) is 87.7 Å². The molecule has 0 atom stereocenters. The highest BCUT2D eigenvalue weighted by molar-refractivity contribution is 7.85. The third-order valence-electron chi connectivity index (χ3n) is 10.4. The van der Waals surface area contributed by atoms with Crippen LogP contribution in [0, 0.1) is 0 Å². The summed E-state index contributed by atoms with van der Waals surface area (Å²) in [5.74, 6) is 0. The maximum atomic E-state index is 14.8. The second-order valence-corrected chi connectivity index (χ2v) is 16.2. The highest BCUT2D eigenvalue weighted by atomic mass is 31.2. The molecule has 0 amide bonds. The number of hydrogen-bond donors (Lipinski definition) is 0. The lowest BCUT2D eigenvalue weighted by molar-refractivity contribution is 0.592. The van der Waals surface area contributed by atoms with Crippen LogP contribution in [0.15, 0.2) is 199 Å². The van der Waals surface area contributed by atoms with Crippen LogP contribution in [0.5, 0.6) is 0 Å². The van der Waals surface area contributed by atoms with Crippen molar-refractivity contribution in [1.82, 2.24) is 4.98 Å². The third-order valence-corrected chi connectivity index (χ3v) is 13.5. The summed E-state index contributed by atoms with van der Waals surface area (Å²) in [7, 11) is -3.03. The van der Waals surface area contributed by atoms with Gasteiger partial charge < -0.3 is 8.98 Å². The number of para-hydroxylation sites is 1. The first-order chi connectivity index (χ1) is 26.1. The van der Waals surface area contributed by atoms with Gasteiger partial charge in [0.05, 0.1) is 5.52 Å². The first kappa shape index (κ1) is 31.2. The second-order valence-electron chi connectivity index (χ2n) is 13.4. The van der Waals surface area contributed by atoms with Crippen molar-refractivity contribution < 1.29 is 8.98 Å². The molecule has 2 aromatic heterocycles. The van der Waals surface area contributed by atoms with Gasteiger partial charge in [-0.1, -0.05) is 182 Å². The summed E-state index contributed by atoms with van der Waals surface area (Å²) in [6.45, 7) is 0. The fourth-order valence-corrected chi connectivity index (χ4v) is 10.4. The lowest BCUT2D eigenvalue weighted by Gasteiger charge is -2.20. The fourth-order valence-electron chi connectivity index (χ4n) is 7.72. The van der Waals surface area contributed by atoms with Crippen molar-refractivity contribution in [3.63, 3.8) is 0 Å². The largest absolute Gasteiger partial charge is 0.454 e. The summed E-state index contributed by atoms with van der Waals surface area (Å²) in [5, 5.41) is 8.04. The van der Waals surface area contributed by atoms with Gasteiger partial charge in [-0.25, -0.2) is 4.98 Å². The van der Waals surface area contributed by atoms with Gasteiger partial charge in [-0.05, 0) is 45.2 Å². The average molecular weight is 698 g/mol. The van der Waals surface area contributed by atoms with Gasteiger partial charge in [-0.2, -0.15) is 0 Å². The predicted molar refractivity (Wildman–Crippen MR) is 222 cm³/mol. The Hall–Kier alpha value is -6.54. The molecule has 0 bridgehead atoms. The molecule has 0 spiro atoms. The van der Waals surface area contributed by atoms with E-state index >= 15 is 0 Å². The molecule has 0 fully saturated rings. The Bertz CT molecular complexity index is 2960. The van der Waals surface area contributed by atoms with Crippen molar-refractivity contribution in [3.8, 4) is 33.5 Å². The Morgan fingerprint density at radius 1 is 0.434 bits per heavy atom. The minimum absolute atomic E-state index is 0.807. The van der Waals surface area contributed by atoms with Gasteiger partial charge in [-0.3, -0.25) is 0 Å². The zero-order chi connectivity index (χ0) is 35.4. The van der Waals surface area contributed by atoms with Crippen LogP contribution in [0.3, 0.4) is 0 Å². The molecule has 4 heteroatoms. The molecule has 53 heavy (non-hydrogen) atoms. The molecule has 0 N–H and O–H groups in total. The van der Waals surface area contributed by atoms with E-state index < -0.39 is 7.14 Å². The first-order valence-corrected chi connectivity index (χ1v) is 19.5. The van der Waals surface area contributed by atoms with Crippen molar-refractivity contribution in [1.29, 1.82) is 0 Å². The van der Waals surface area contributed by atoms with E-state index in [-0.39, 0.29) is 0 Å². The Labute approximate surface area is 307 Å². The van der Waals surface area contributed by atoms with E-state index in [2.05, 4.69) is 109 Å². The molecular formula is C49H32NO2P. The standard InChI is InChI=1S/C49H32NO2P/c51-53(38-14-3-1-4-15-38,39-16-5-2-6-17-39)40-29-26-34(27-30-40)33-22-24-35(25-23-33)37-28-31-43-45(32-37)50-48(42-20-11-13-36-12-7-8-18-41(36)42)49-47(43)44-19-9-10-21-46(44)52-49/h1-32H. The average Bonchev–Trinajstić information content (AvgIpc) is 3.63. The van der Waals surface area contributed by atoms with Crippen molar-refractivity contribution in [2.24, 2.45) is 0 Å². The molecule has 250 valence electrons. The van der Waals surface area contributed by atoms with E-state index in [1.807, 2.05) is 84.9 Å². The first-order valence-electron chi connectivity index (χ1n) is 17.8. The van der Waals surface area contributed by atoms with Crippen LogP contribution in [0.2, 0.25) is 0 Å². The van der Waals surface area contributed by atoms with Gasteiger partial charge in [-0.15, -0.1) is 0 Å². The lowest BCUT2D eigenvalue weighted by Crippen LogP contribution is -2.24. The molecule has 0 saturated heterocycles. The van der Waals surface area contributed by atoms with Crippen molar-refractivity contribution in [2.45, 2.75) is 0 Å². The maximum absolute atomic E-state index is 14.8. The van der Waals surface area contributed by atoms with E-state index in [1.54, 1.807) is 0 Å². The van der Waals surface area contributed by atoms with Gasteiger partial charge in [0.2, 0.25) is 0 Å². The van der Waals surface area contributed by atoms with Crippen LogP contribution >= 0.6 is 7.14 Å². The Morgan fingerprint density at radius 3 is 1.66 bits per heavy atom. The van der Waals surface area contributed by atoms with Gasteiger partial charge in [0, 0.05) is 37.6 Å². The zero-order valence-corrected chi connectivity index (χ0v) is 29.6. The van der Waals surface area contributed by atoms with Gasteiger partial charge in [0.25, 0.3) is 0 Å². The highest BCUT2D eigenvalue weighted by Gasteiger charge is 2.29. The summed E-state index contributed by atoms with van der Waals surface area (Å²) < 4.78 is 21.4. The molecule has 0 radical (unpaired) electrons. The molecule has 8 aromatic carbocycles. The molecule has 0 aliphatic rings. The Morgan fingerprint density at radius 2 is 0.962 bits per heavy atom. The van der Waals surface area contributed by atoms with Crippen LogP contribution in [0.4, 0.5) is 0 Å². The number of hydrogen-bond acceptors (Lipinski definition) is 3. The number of pyridine rings is 1. The smallest absolute Gasteiger partial charge is 0.171 e. The predicted octanol–water partition coefficient (Wildman–Crippen LogP) is 11.9. The van der Waals surface area contributed by atoms with E-state index in [0.29, 0.717) is 0 Å². The quantitative estimate of drug-likeness (QED) is 0.162. The number of nitrogens with zero attached hydrogens (tertiary/aromatic N) is 1. The molecule has 2 heterocycles. The lowest BCUT2D eigenvalue weighted by atomic mass is 9.96. The third kappa shape index (κ3) is 5.20. The van der Waals surface area contributed by atoms with Crippen LogP contribution in [0.1, 0.15) is 0 Å². The summed E-state index contributed by atoms with van der Waals surface area (Å²) in [6.07, 6.45) is 0. The molecule has 0 unspecified atom stereocenters. The molecule has 3 nitrogen and oxygen atoms in total. The Kier molecular flexibility index (Phi) is 7.42. The number of aromatic nitrogens is 1. The van der Waals surface area contributed by atoms with Crippen LogP contribution < -0.4 is 15.9 Å². The Balaban J connectivity index is 1.04. The molecule has 10 aromatic rings. The van der Waals surface area contributed by atoms with Gasteiger partial charge in [0.15, 0.2) is 12.7 Å². The van der Waals surface area contributed by atoms with Crippen molar-refractivity contribution in [3.05, 3.63) is 194 Å². The van der Waals surface area contributed by atoms with Gasteiger partial charge >= 0.3 is 0 Å². The minimum atomic E-state index is -3.03. The molecule has 10 rings (SSSR count). The minimum Gasteiger partial charge on any atom is -0.454 e. The monoisotopic (exact) mass is 697 g/mol. The number of furan rings is 1. The summed E-state index contributed by atoms with van der Waals surface area (Å²) >= 11 is 0. The SMILES string of the molecule is O=P(c1ccccc1)(c1ccccc1)c1ccc(-c2ccc(-c3ccc4c(c3)nc(-c3cccc5ccccc35)c3oc5ccccc5c34)cc2)cc1. The van der Waals surface area contributed by atoms with E-state index in [9.17, 15) is 4.57 Å². The number of benzene rings is 8. The maximum Gasteiger partial charge on any atom is 0.171 e. The van der Waals surface area contributed by atoms with Gasteiger partial charge in [0.1, 0.15) is 11.3 Å². The fraction of sp³-hybridized carbons (Fsp3) is 0. The molecule has 0 aliphatic heterocycles. The summed E-state index contributed by atoms with van der Waals surface area (Å²) in [4.78, 5) is 5.33. The molecular weight excluding hydrogens is 666 g/mol. The second kappa shape index (κ2) is 12.6. The highest BCUT2D eigenvalue weighted by Crippen LogP contribution is 2.44. The van der Waals surface area contributed by atoms with Crippen LogP contribution in [-0.2, 0) is 4.57 Å². The number of rotatable bonds is 6.